The van der Waals surface area contributed by atoms with Crippen LogP contribution in [0.15, 0.2) is 0 Å². The maximum atomic E-state index is 12.2. The Morgan fingerprint density at radius 2 is 2.28 bits per heavy atom. The number of nitrogens with zero attached hydrogens (tertiary/aromatic N) is 1. The van der Waals surface area contributed by atoms with Gasteiger partial charge < -0.3 is 15.4 Å². The smallest absolute Gasteiger partial charge is 0.239 e. The zero-order valence-corrected chi connectivity index (χ0v) is 12.5. The van der Waals surface area contributed by atoms with Crippen molar-refractivity contribution in [2.45, 2.75) is 37.3 Å². The second kappa shape index (κ2) is 6.98. The van der Waals surface area contributed by atoms with E-state index in [1.165, 1.54) is 6.42 Å². The molecular weight excluding hydrogens is 272 g/mol. The van der Waals surface area contributed by atoms with Crippen LogP contribution in [-0.4, -0.2) is 54.2 Å². The summed E-state index contributed by atoms with van der Waals surface area (Å²) in [6, 6.07) is -0.335. The van der Waals surface area contributed by atoms with Gasteiger partial charge in [-0.2, -0.15) is 11.8 Å². The third-order valence-electron chi connectivity index (χ3n) is 3.78. The van der Waals surface area contributed by atoms with Crippen molar-refractivity contribution in [3.63, 3.8) is 0 Å². The SMILES string of the molecule is CSCCC(N)C(=O)N1CCOC2(CCC2)C1.Cl. The van der Waals surface area contributed by atoms with E-state index in [1.54, 1.807) is 11.8 Å². The van der Waals surface area contributed by atoms with Gasteiger partial charge in [-0.3, -0.25) is 4.79 Å². The Kier molecular flexibility index (Phi) is 6.24. The van der Waals surface area contributed by atoms with E-state index in [9.17, 15) is 4.79 Å². The molecule has 1 saturated heterocycles. The Morgan fingerprint density at radius 3 is 2.83 bits per heavy atom. The van der Waals surface area contributed by atoms with Crippen LogP contribution >= 0.6 is 24.2 Å². The van der Waals surface area contributed by atoms with Crippen LogP contribution in [0, 0.1) is 0 Å². The number of halogens is 1. The third kappa shape index (κ3) is 3.53. The van der Waals surface area contributed by atoms with Gasteiger partial charge in [-0.15, -0.1) is 12.4 Å². The summed E-state index contributed by atoms with van der Waals surface area (Å²) in [5, 5.41) is 0. The number of nitrogens with two attached hydrogens (primary N) is 1. The molecule has 1 heterocycles. The number of thioether (sulfide) groups is 1. The molecule has 0 radical (unpaired) electrons. The predicted octanol–water partition coefficient (Wildman–Crippen LogP) is 1.27. The van der Waals surface area contributed by atoms with Crippen molar-refractivity contribution in [3.05, 3.63) is 0 Å². The molecule has 106 valence electrons. The highest BCUT2D eigenvalue weighted by Gasteiger charge is 2.43. The molecule has 0 aromatic rings. The quantitative estimate of drug-likeness (QED) is 0.848. The van der Waals surface area contributed by atoms with Crippen LogP contribution in [0.2, 0.25) is 0 Å². The fourth-order valence-electron chi connectivity index (χ4n) is 2.51. The maximum Gasteiger partial charge on any atom is 0.239 e. The molecule has 0 aromatic heterocycles. The van der Waals surface area contributed by atoms with Crippen LogP contribution in [-0.2, 0) is 9.53 Å². The summed E-state index contributed by atoms with van der Waals surface area (Å²) in [5.41, 5.74) is 5.92. The van der Waals surface area contributed by atoms with Gasteiger partial charge in [-0.05, 0) is 37.7 Å². The van der Waals surface area contributed by atoms with E-state index in [0.717, 1.165) is 31.6 Å². The summed E-state index contributed by atoms with van der Waals surface area (Å²) in [6.07, 6.45) is 6.22. The summed E-state index contributed by atoms with van der Waals surface area (Å²) in [4.78, 5) is 14.1. The summed E-state index contributed by atoms with van der Waals surface area (Å²) in [6.45, 7) is 2.12. The molecule has 1 atom stereocenters. The molecule has 1 aliphatic heterocycles. The topological polar surface area (TPSA) is 55.6 Å². The first-order chi connectivity index (χ1) is 8.17. The molecule has 1 spiro atoms. The van der Waals surface area contributed by atoms with Gasteiger partial charge in [0.15, 0.2) is 0 Å². The molecule has 1 saturated carbocycles. The molecule has 18 heavy (non-hydrogen) atoms. The van der Waals surface area contributed by atoms with Crippen molar-refractivity contribution in [1.82, 2.24) is 4.90 Å². The third-order valence-corrected chi connectivity index (χ3v) is 4.42. The number of carbonyl (C=O) groups is 1. The van der Waals surface area contributed by atoms with Gasteiger partial charge in [-0.1, -0.05) is 0 Å². The Labute approximate surface area is 119 Å². The summed E-state index contributed by atoms with van der Waals surface area (Å²) in [7, 11) is 0. The van der Waals surface area contributed by atoms with Crippen LogP contribution in [0.1, 0.15) is 25.7 Å². The lowest BCUT2D eigenvalue weighted by molar-refractivity contribution is -0.168. The first kappa shape index (κ1) is 16.1. The van der Waals surface area contributed by atoms with Gasteiger partial charge in [0, 0.05) is 13.1 Å². The highest BCUT2D eigenvalue weighted by atomic mass is 35.5. The summed E-state index contributed by atoms with van der Waals surface area (Å²) >= 11 is 1.73. The average molecular weight is 295 g/mol. The van der Waals surface area contributed by atoms with Crippen LogP contribution < -0.4 is 5.73 Å². The zero-order valence-electron chi connectivity index (χ0n) is 10.9. The number of hydrogen-bond acceptors (Lipinski definition) is 4. The second-order valence-electron chi connectivity index (χ2n) is 5.03. The normalized spacial score (nSPS) is 23.1. The van der Waals surface area contributed by atoms with E-state index >= 15 is 0 Å². The summed E-state index contributed by atoms with van der Waals surface area (Å²) < 4.78 is 5.80. The zero-order chi connectivity index (χ0) is 12.3. The molecule has 4 nitrogen and oxygen atoms in total. The number of carbonyl (C=O) groups excluding carboxylic acids is 1. The van der Waals surface area contributed by atoms with Gasteiger partial charge >= 0.3 is 0 Å². The van der Waals surface area contributed by atoms with E-state index in [2.05, 4.69) is 0 Å². The lowest BCUT2D eigenvalue weighted by Gasteiger charge is -2.48. The monoisotopic (exact) mass is 294 g/mol. The molecule has 6 heteroatoms. The summed E-state index contributed by atoms with van der Waals surface area (Å²) in [5.74, 6) is 1.05. The van der Waals surface area contributed by atoms with Gasteiger partial charge in [0.1, 0.15) is 0 Å². The molecule has 2 aliphatic rings. The first-order valence-electron chi connectivity index (χ1n) is 6.34. The molecule has 0 bridgehead atoms. The molecule has 2 rings (SSSR count). The molecule has 1 amide bonds. The number of hydrogen-bond donors (Lipinski definition) is 1. The highest BCUT2D eigenvalue weighted by molar-refractivity contribution is 7.98. The fourth-order valence-corrected chi connectivity index (χ4v) is 3.00. The van der Waals surface area contributed by atoms with E-state index < -0.39 is 0 Å². The van der Waals surface area contributed by atoms with E-state index in [4.69, 9.17) is 10.5 Å². The Hall–Kier alpha value is 0.0300. The molecule has 2 fully saturated rings. The number of rotatable bonds is 4. The highest BCUT2D eigenvalue weighted by Crippen LogP contribution is 2.38. The Bertz CT molecular complexity index is 287. The van der Waals surface area contributed by atoms with Crippen LogP contribution in [0.4, 0.5) is 0 Å². The fraction of sp³-hybridized carbons (Fsp3) is 0.917. The van der Waals surface area contributed by atoms with Gasteiger partial charge in [0.05, 0.1) is 18.2 Å². The van der Waals surface area contributed by atoms with Crippen molar-refractivity contribution in [1.29, 1.82) is 0 Å². The number of amides is 1. The van der Waals surface area contributed by atoms with Gasteiger partial charge in [0.25, 0.3) is 0 Å². The van der Waals surface area contributed by atoms with Crippen LogP contribution in [0.3, 0.4) is 0 Å². The largest absolute Gasteiger partial charge is 0.371 e. The standard InChI is InChI=1S/C12H22N2O2S.ClH/c1-17-8-3-10(13)11(15)14-6-7-16-12(9-14)4-2-5-12;/h10H,2-9,13H2,1H3;1H. The van der Waals surface area contributed by atoms with E-state index in [-0.39, 0.29) is 30.0 Å². The lowest BCUT2D eigenvalue weighted by atomic mass is 9.78. The minimum Gasteiger partial charge on any atom is -0.371 e. The van der Waals surface area contributed by atoms with Crippen LogP contribution in [0.5, 0.6) is 0 Å². The predicted molar refractivity (Wildman–Crippen MR) is 77.3 cm³/mol. The van der Waals surface area contributed by atoms with Crippen molar-refractivity contribution < 1.29 is 9.53 Å². The first-order valence-corrected chi connectivity index (χ1v) is 7.73. The lowest BCUT2D eigenvalue weighted by Crippen LogP contribution is -2.59. The Balaban J connectivity index is 0.00000162. The van der Waals surface area contributed by atoms with E-state index in [0.29, 0.717) is 13.2 Å². The second-order valence-corrected chi connectivity index (χ2v) is 6.02. The number of morpholine rings is 1. The minimum absolute atomic E-state index is 0. The minimum atomic E-state index is -0.335. The van der Waals surface area contributed by atoms with Crippen LogP contribution in [0.25, 0.3) is 0 Å². The average Bonchev–Trinajstić information content (AvgIpc) is 2.33. The van der Waals surface area contributed by atoms with Crippen molar-refractivity contribution in [2.75, 3.05) is 31.7 Å². The van der Waals surface area contributed by atoms with Crippen molar-refractivity contribution in [2.24, 2.45) is 5.73 Å². The maximum absolute atomic E-state index is 12.2. The van der Waals surface area contributed by atoms with Gasteiger partial charge in [0.2, 0.25) is 5.91 Å². The number of ether oxygens (including phenoxy) is 1. The molecule has 1 aliphatic carbocycles. The molecular formula is C12H23ClN2O2S. The molecule has 0 aromatic carbocycles. The van der Waals surface area contributed by atoms with E-state index in [1.807, 2.05) is 11.2 Å². The van der Waals surface area contributed by atoms with Gasteiger partial charge in [-0.25, -0.2) is 0 Å². The molecule has 1 unspecified atom stereocenters. The molecule has 2 N–H and O–H groups in total. The Morgan fingerprint density at radius 1 is 1.56 bits per heavy atom. The van der Waals surface area contributed by atoms with Crippen molar-refractivity contribution >= 4 is 30.1 Å². The van der Waals surface area contributed by atoms with Crippen molar-refractivity contribution in [3.8, 4) is 0 Å².